The lowest BCUT2D eigenvalue weighted by molar-refractivity contribution is 0.835. The number of aryl methyl sites for hydroxylation is 2. The summed E-state index contributed by atoms with van der Waals surface area (Å²) in [7, 11) is 0. The van der Waals surface area contributed by atoms with Gasteiger partial charge in [0.05, 0.1) is 25.8 Å². The fraction of sp³-hybridized carbons (Fsp3) is 0.105. The highest BCUT2D eigenvalue weighted by atomic mass is 35.5. The second-order valence-corrected chi connectivity index (χ2v) is 8.49. The van der Waals surface area contributed by atoms with E-state index in [4.69, 9.17) is 34.8 Å². The summed E-state index contributed by atoms with van der Waals surface area (Å²) in [6.07, 6.45) is 1.51. The Balaban J connectivity index is 1.75. The van der Waals surface area contributed by atoms with Crippen molar-refractivity contribution < 1.29 is 0 Å². The number of H-pyrrole nitrogens is 1. The number of hydrogen-bond donors (Lipinski definition) is 1. The third kappa shape index (κ3) is 3.49. The molecular weight excluding hydrogens is 439 g/mol. The number of nitrogens with zero attached hydrogens (tertiary/aromatic N) is 3. The van der Waals surface area contributed by atoms with E-state index in [0.29, 0.717) is 27.1 Å². The molecule has 4 aromatic rings. The second-order valence-electron chi connectivity index (χ2n) is 6.23. The van der Waals surface area contributed by atoms with Crippen molar-refractivity contribution >= 4 is 67.7 Å². The van der Waals surface area contributed by atoms with Crippen LogP contribution in [0.5, 0.6) is 0 Å². The largest absolute Gasteiger partial charge is 0.295 e. The number of halogens is 3. The van der Waals surface area contributed by atoms with Gasteiger partial charge in [-0.3, -0.25) is 9.89 Å². The molecule has 0 amide bonds. The van der Waals surface area contributed by atoms with Gasteiger partial charge in [-0.05, 0) is 43.7 Å². The van der Waals surface area contributed by atoms with E-state index >= 15 is 0 Å². The molecule has 0 fully saturated rings. The predicted octanol–water partition coefficient (Wildman–Crippen LogP) is 6.10. The Morgan fingerprint density at radius 1 is 1.14 bits per heavy atom. The summed E-state index contributed by atoms with van der Waals surface area (Å²) in [6, 6.07) is 9.09. The van der Waals surface area contributed by atoms with Gasteiger partial charge in [-0.1, -0.05) is 52.2 Å². The van der Waals surface area contributed by atoms with E-state index < -0.39 is 0 Å². The average molecular weight is 452 g/mol. The lowest BCUT2D eigenvalue weighted by atomic mass is 10.2. The molecule has 0 saturated carbocycles. The molecule has 2 aromatic carbocycles. The Bertz CT molecular complexity index is 1280. The maximum atomic E-state index is 12.9. The number of benzene rings is 2. The van der Waals surface area contributed by atoms with Crippen LogP contribution in [0.1, 0.15) is 16.8 Å². The van der Waals surface area contributed by atoms with Gasteiger partial charge in [-0.25, -0.2) is 14.7 Å². The van der Waals surface area contributed by atoms with Crippen molar-refractivity contribution in [1.82, 2.24) is 14.8 Å². The van der Waals surface area contributed by atoms with E-state index in [0.717, 1.165) is 15.8 Å². The highest BCUT2D eigenvalue weighted by molar-refractivity contribution is 7.22. The van der Waals surface area contributed by atoms with E-state index in [1.54, 1.807) is 6.92 Å². The number of thiazole rings is 1. The van der Waals surface area contributed by atoms with Gasteiger partial charge in [-0.2, -0.15) is 0 Å². The van der Waals surface area contributed by atoms with Crippen molar-refractivity contribution in [3.63, 3.8) is 0 Å². The van der Waals surface area contributed by atoms with Crippen molar-refractivity contribution in [2.75, 3.05) is 0 Å². The summed E-state index contributed by atoms with van der Waals surface area (Å²) in [6.45, 7) is 3.80. The standard InChI is InChI=1S/C19H13Cl3N4OS/c1-9-3-4-15-16(5-9)28-19(24-15)23-8-12-10(2)25-26(18(12)27)17-13(21)6-11(20)7-14(17)22/h3-8,25H,1-2H3. The summed E-state index contributed by atoms with van der Waals surface area (Å²) in [4.78, 5) is 21.8. The van der Waals surface area contributed by atoms with Crippen LogP contribution in [-0.4, -0.2) is 21.0 Å². The normalized spacial score (nSPS) is 11.8. The fourth-order valence-electron chi connectivity index (χ4n) is 2.81. The fourth-order valence-corrected chi connectivity index (χ4v) is 4.71. The Hall–Kier alpha value is -2.12. The molecule has 5 nitrogen and oxygen atoms in total. The average Bonchev–Trinajstić information content (AvgIpc) is 3.13. The molecule has 0 aliphatic carbocycles. The molecule has 9 heteroatoms. The van der Waals surface area contributed by atoms with Crippen LogP contribution < -0.4 is 5.56 Å². The van der Waals surface area contributed by atoms with Crippen LogP contribution in [0.2, 0.25) is 15.1 Å². The van der Waals surface area contributed by atoms with E-state index in [2.05, 4.69) is 21.1 Å². The maximum Gasteiger partial charge on any atom is 0.280 e. The molecule has 142 valence electrons. The zero-order valence-corrected chi connectivity index (χ0v) is 17.8. The monoisotopic (exact) mass is 450 g/mol. The molecule has 0 radical (unpaired) electrons. The first-order valence-corrected chi connectivity index (χ1v) is 10.2. The van der Waals surface area contributed by atoms with Crippen LogP contribution in [0.3, 0.4) is 0 Å². The quantitative estimate of drug-likeness (QED) is 0.382. The molecule has 1 N–H and O–H groups in total. The zero-order valence-electron chi connectivity index (χ0n) is 14.8. The first-order chi connectivity index (χ1) is 13.3. The van der Waals surface area contributed by atoms with Crippen LogP contribution >= 0.6 is 46.1 Å². The summed E-state index contributed by atoms with van der Waals surface area (Å²) >= 11 is 19.9. The zero-order chi connectivity index (χ0) is 20.0. The Morgan fingerprint density at radius 2 is 1.86 bits per heavy atom. The maximum absolute atomic E-state index is 12.9. The molecule has 0 aliphatic rings. The molecule has 28 heavy (non-hydrogen) atoms. The Morgan fingerprint density at radius 3 is 2.57 bits per heavy atom. The lowest BCUT2D eigenvalue weighted by Crippen LogP contribution is -2.18. The number of aromatic nitrogens is 3. The van der Waals surface area contributed by atoms with E-state index in [-0.39, 0.29) is 15.6 Å². The van der Waals surface area contributed by atoms with Crippen molar-refractivity contribution in [2.24, 2.45) is 4.99 Å². The molecule has 0 spiro atoms. The molecule has 0 atom stereocenters. The molecule has 4 rings (SSSR count). The van der Waals surface area contributed by atoms with Crippen molar-refractivity contribution in [3.05, 3.63) is 72.6 Å². The van der Waals surface area contributed by atoms with Gasteiger partial charge in [0.15, 0.2) is 0 Å². The molecule has 0 bridgehead atoms. The second kappa shape index (κ2) is 7.37. The summed E-state index contributed by atoms with van der Waals surface area (Å²) in [5.41, 5.74) is 3.10. The Kier molecular flexibility index (Phi) is 5.05. The van der Waals surface area contributed by atoms with Crippen molar-refractivity contribution in [3.8, 4) is 5.69 Å². The van der Waals surface area contributed by atoms with E-state index in [1.807, 2.05) is 19.1 Å². The first kappa shape index (κ1) is 19.2. The van der Waals surface area contributed by atoms with Gasteiger partial charge < -0.3 is 0 Å². The van der Waals surface area contributed by atoms with Gasteiger partial charge >= 0.3 is 0 Å². The van der Waals surface area contributed by atoms with Crippen LogP contribution in [0.15, 0.2) is 40.1 Å². The topological polar surface area (TPSA) is 63.0 Å². The Labute approximate surface area is 179 Å². The highest BCUT2D eigenvalue weighted by Gasteiger charge is 2.17. The third-order valence-corrected chi connectivity index (χ3v) is 5.88. The lowest BCUT2D eigenvalue weighted by Gasteiger charge is -2.07. The van der Waals surface area contributed by atoms with Gasteiger partial charge in [0.1, 0.15) is 5.69 Å². The molecule has 0 unspecified atom stereocenters. The number of aliphatic imine (C=N–C) groups is 1. The van der Waals surface area contributed by atoms with Crippen molar-refractivity contribution in [1.29, 1.82) is 0 Å². The third-order valence-electron chi connectivity index (χ3n) is 4.16. The number of fused-ring (bicyclic) bond motifs is 1. The summed E-state index contributed by atoms with van der Waals surface area (Å²) in [5.74, 6) is 0. The minimum Gasteiger partial charge on any atom is -0.295 e. The van der Waals surface area contributed by atoms with Crippen LogP contribution in [0.4, 0.5) is 5.13 Å². The van der Waals surface area contributed by atoms with E-state index in [1.165, 1.54) is 34.4 Å². The molecule has 2 heterocycles. The van der Waals surface area contributed by atoms with Gasteiger partial charge in [0, 0.05) is 16.9 Å². The molecule has 2 aromatic heterocycles. The van der Waals surface area contributed by atoms with Crippen LogP contribution in [0, 0.1) is 13.8 Å². The minimum absolute atomic E-state index is 0.269. The van der Waals surface area contributed by atoms with Gasteiger partial charge in [0.25, 0.3) is 5.56 Å². The van der Waals surface area contributed by atoms with Crippen LogP contribution in [-0.2, 0) is 0 Å². The minimum atomic E-state index is -0.315. The SMILES string of the molecule is Cc1ccc2nc(N=Cc3c(C)[nH]n(-c4c(Cl)cc(Cl)cc4Cl)c3=O)sc2c1. The van der Waals surface area contributed by atoms with Gasteiger partial charge in [-0.15, -0.1) is 0 Å². The number of aromatic amines is 1. The predicted molar refractivity (Wildman–Crippen MR) is 118 cm³/mol. The van der Waals surface area contributed by atoms with E-state index in [9.17, 15) is 4.79 Å². The smallest absolute Gasteiger partial charge is 0.280 e. The first-order valence-electron chi connectivity index (χ1n) is 8.21. The number of rotatable bonds is 3. The number of nitrogens with one attached hydrogen (secondary N) is 1. The summed E-state index contributed by atoms with van der Waals surface area (Å²) < 4.78 is 2.34. The molecule has 0 aliphatic heterocycles. The highest BCUT2D eigenvalue weighted by Crippen LogP contribution is 2.31. The van der Waals surface area contributed by atoms with Crippen LogP contribution in [0.25, 0.3) is 15.9 Å². The summed E-state index contributed by atoms with van der Waals surface area (Å²) in [5, 5.41) is 4.49. The molecule has 0 saturated heterocycles. The molecular formula is C19H13Cl3N4OS. The van der Waals surface area contributed by atoms with Gasteiger partial charge in [0.2, 0.25) is 5.13 Å². The number of hydrogen-bond acceptors (Lipinski definition) is 4. The van der Waals surface area contributed by atoms with Crippen molar-refractivity contribution in [2.45, 2.75) is 13.8 Å².